The maximum absolute atomic E-state index is 10.9. The Labute approximate surface area is 145 Å². The summed E-state index contributed by atoms with van der Waals surface area (Å²) in [5.74, 6) is 0.798. The van der Waals surface area contributed by atoms with Gasteiger partial charge in [0.1, 0.15) is 22.6 Å². The fourth-order valence-electron chi connectivity index (χ4n) is 3.37. The zero-order valence-corrected chi connectivity index (χ0v) is 14.1. The normalized spacial score (nSPS) is 20.3. The highest BCUT2D eigenvalue weighted by Crippen LogP contribution is 2.37. The van der Waals surface area contributed by atoms with Gasteiger partial charge in [-0.05, 0) is 18.6 Å². The first-order valence-corrected chi connectivity index (χ1v) is 8.55. The molecule has 4 rings (SSSR count). The number of ether oxygens (including phenoxy) is 1. The lowest BCUT2D eigenvalue weighted by molar-refractivity contribution is 0.0560. The molecule has 1 aliphatic heterocycles. The molecule has 2 aromatic heterocycles. The number of hydrogen-bond donors (Lipinski definition) is 2. The minimum atomic E-state index is -0.987. The summed E-state index contributed by atoms with van der Waals surface area (Å²) in [6, 6.07) is 7.97. The molecule has 25 heavy (non-hydrogen) atoms. The molecule has 7 heteroatoms. The predicted octanol–water partition coefficient (Wildman–Crippen LogP) is 2.24. The SMILES string of the molecule is CCCOc1cccc2c(N3CC[C@](O)(c4cn[nH]n4)C3)ccnc12. The number of rotatable bonds is 5. The molecule has 0 unspecified atom stereocenters. The van der Waals surface area contributed by atoms with Crippen LogP contribution in [0.1, 0.15) is 25.5 Å². The van der Waals surface area contributed by atoms with Gasteiger partial charge in [-0.25, -0.2) is 0 Å². The number of benzene rings is 1. The van der Waals surface area contributed by atoms with E-state index in [0.29, 0.717) is 25.3 Å². The van der Waals surface area contributed by atoms with Crippen molar-refractivity contribution in [3.8, 4) is 5.75 Å². The number of β-amino-alcohol motifs (C(OH)–C–C–N with tert-alkyl or cyclic N) is 1. The Hall–Kier alpha value is -2.67. The second-order valence-electron chi connectivity index (χ2n) is 6.39. The molecular formula is C18H21N5O2. The van der Waals surface area contributed by atoms with Crippen molar-refractivity contribution in [2.24, 2.45) is 0 Å². The van der Waals surface area contributed by atoms with Crippen LogP contribution in [-0.2, 0) is 5.60 Å². The van der Waals surface area contributed by atoms with Crippen molar-refractivity contribution >= 4 is 16.6 Å². The molecule has 0 radical (unpaired) electrons. The standard InChI is InChI=1S/C18H21N5O2/c1-2-10-25-15-5-3-4-13-14(6-8-19-17(13)15)23-9-7-18(24,12-23)16-11-20-22-21-16/h3-6,8,11,24H,2,7,9-10,12H2,1H3,(H,20,21,22)/t18-/m1/s1. The fourth-order valence-corrected chi connectivity index (χ4v) is 3.37. The Morgan fingerprint density at radius 3 is 3.08 bits per heavy atom. The van der Waals surface area contributed by atoms with Crippen LogP contribution in [0.2, 0.25) is 0 Å². The molecule has 7 nitrogen and oxygen atoms in total. The van der Waals surface area contributed by atoms with E-state index in [1.54, 1.807) is 12.4 Å². The molecule has 0 aliphatic carbocycles. The first-order valence-electron chi connectivity index (χ1n) is 8.55. The van der Waals surface area contributed by atoms with Crippen molar-refractivity contribution in [1.29, 1.82) is 0 Å². The van der Waals surface area contributed by atoms with E-state index in [4.69, 9.17) is 4.74 Å². The largest absolute Gasteiger partial charge is 0.491 e. The van der Waals surface area contributed by atoms with Gasteiger partial charge in [0, 0.05) is 30.2 Å². The smallest absolute Gasteiger partial charge is 0.145 e. The number of aliphatic hydroxyl groups is 1. The van der Waals surface area contributed by atoms with Crippen LogP contribution in [0.15, 0.2) is 36.7 Å². The Bertz CT molecular complexity index is 867. The average molecular weight is 339 g/mol. The number of aromatic amines is 1. The number of aromatic nitrogens is 4. The van der Waals surface area contributed by atoms with Crippen molar-refractivity contribution in [1.82, 2.24) is 20.4 Å². The third-order valence-corrected chi connectivity index (χ3v) is 4.65. The number of para-hydroxylation sites is 1. The third kappa shape index (κ3) is 2.80. The van der Waals surface area contributed by atoms with Gasteiger partial charge in [-0.3, -0.25) is 4.98 Å². The Morgan fingerprint density at radius 1 is 1.36 bits per heavy atom. The molecule has 0 bridgehead atoms. The van der Waals surface area contributed by atoms with Gasteiger partial charge in [0.05, 0.1) is 19.3 Å². The van der Waals surface area contributed by atoms with Crippen molar-refractivity contribution < 1.29 is 9.84 Å². The second kappa shape index (κ2) is 6.33. The fraction of sp³-hybridized carbons (Fsp3) is 0.389. The molecule has 1 fully saturated rings. The van der Waals surface area contributed by atoms with Crippen LogP contribution in [0.4, 0.5) is 5.69 Å². The van der Waals surface area contributed by atoms with E-state index in [2.05, 4.69) is 32.2 Å². The number of nitrogens with zero attached hydrogens (tertiary/aromatic N) is 4. The first-order chi connectivity index (χ1) is 12.2. The second-order valence-corrected chi connectivity index (χ2v) is 6.39. The van der Waals surface area contributed by atoms with Gasteiger partial charge >= 0.3 is 0 Å². The summed E-state index contributed by atoms with van der Waals surface area (Å²) in [5, 5.41) is 22.4. The molecular weight excluding hydrogens is 318 g/mol. The van der Waals surface area contributed by atoms with Crippen LogP contribution in [0.3, 0.4) is 0 Å². The van der Waals surface area contributed by atoms with Crippen LogP contribution >= 0.6 is 0 Å². The number of anilines is 1. The summed E-state index contributed by atoms with van der Waals surface area (Å²) >= 11 is 0. The van der Waals surface area contributed by atoms with Crippen LogP contribution in [-0.4, -0.2) is 45.2 Å². The van der Waals surface area contributed by atoms with E-state index in [0.717, 1.165) is 35.3 Å². The molecule has 1 aliphatic rings. The highest BCUT2D eigenvalue weighted by molar-refractivity contribution is 5.95. The first kappa shape index (κ1) is 15.8. The molecule has 1 aromatic carbocycles. The maximum atomic E-state index is 10.9. The number of H-pyrrole nitrogens is 1. The molecule has 2 N–H and O–H groups in total. The van der Waals surface area contributed by atoms with Crippen molar-refractivity contribution in [3.05, 3.63) is 42.4 Å². The number of fused-ring (bicyclic) bond motifs is 1. The Kier molecular flexibility index (Phi) is 4.01. The van der Waals surface area contributed by atoms with Crippen molar-refractivity contribution in [2.75, 3.05) is 24.6 Å². The minimum Gasteiger partial charge on any atom is -0.491 e. The van der Waals surface area contributed by atoms with Crippen molar-refractivity contribution in [2.45, 2.75) is 25.4 Å². The Balaban J connectivity index is 1.68. The van der Waals surface area contributed by atoms with Gasteiger partial charge in [0.15, 0.2) is 0 Å². The van der Waals surface area contributed by atoms with Crippen LogP contribution in [0.5, 0.6) is 5.75 Å². The van der Waals surface area contributed by atoms with E-state index in [-0.39, 0.29) is 0 Å². The molecule has 0 spiro atoms. The van der Waals surface area contributed by atoms with Gasteiger partial charge in [-0.2, -0.15) is 15.4 Å². The summed E-state index contributed by atoms with van der Waals surface area (Å²) in [5.41, 5.74) is 1.50. The van der Waals surface area contributed by atoms with E-state index >= 15 is 0 Å². The summed E-state index contributed by atoms with van der Waals surface area (Å²) in [6.45, 7) is 3.96. The predicted molar refractivity (Wildman–Crippen MR) is 94.6 cm³/mol. The average Bonchev–Trinajstić information content (AvgIpc) is 3.30. The van der Waals surface area contributed by atoms with Gasteiger partial charge in [-0.1, -0.05) is 19.1 Å². The zero-order valence-electron chi connectivity index (χ0n) is 14.1. The van der Waals surface area contributed by atoms with Crippen LogP contribution < -0.4 is 9.64 Å². The highest BCUT2D eigenvalue weighted by Gasteiger charge is 2.40. The van der Waals surface area contributed by atoms with Gasteiger partial charge in [0.2, 0.25) is 0 Å². The molecule has 1 atom stereocenters. The topological polar surface area (TPSA) is 87.2 Å². The van der Waals surface area contributed by atoms with Crippen LogP contribution in [0, 0.1) is 0 Å². The van der Waals surface area contributed by atoms with Gasteiger partial charge < -0.3 is 14.7 Å². The molecule has 0 amide bonds. The zero-order chi connectivity index (χ0) is 17.3. The summed E-state index contributed by atoms with van der Waals surface area (Å²) in [7, 11) is 0. The number of nitrogens with one attached hydrogen (secondary N) is 1. The summed E-state index contributed by atoms with van der Waals surface area (Å²) < 4.78 is 5.83. The quantitative estimate of drug-likeness (QED) is 0.741. The monoisotopic (exact) mass is 339 g/mol. The van der Waals surface area contributed by atoms with E-state index < -0.39 is 5.60 Å². The number of hydrogen-bond acceptors (Lipinski definition) is 6. The lowest BCUT2D eigenvalue weighted by Crippen LogP contribution is -2.31. The van der Waals surface area contributed by atoms with E-state index in [1.165, 1.54) is 0 Å². The maximum Gasteiger partial charge on any atom is 0.145 e. The lowest BCUT2D eigenvalue weighted by atomic mass is 10.00. The van der Waals surface area contributed by atoms with Gasteiger partial charge in [0.25, 0.3) is 0 Å². The Morgan fingerprint density at radius 2 is 2.28 bits per heavy atom. The van der Waals surface area contributed by atoms with Gasteiger partial charge in [-0.15, -0.1) is 0 Å². The summed E-state index contributed by atoms with van der Waals surface area (Å²) in [4.78, 5) is 6.68. The number of pyridine rings is 1. The minimum absolute atomic E-state index is 0.471. The lowest BCUT2D eigenvalue weighted by Gasteiger charge is -2.23. The van der Waals surface area contributed by atoms with Crippen LogP contribution in [0.25, 0.3) is 10.9 Å². The molecule has 0 saturated carbocycles. The molecule has 1 saturated heterocycles. The molecule has 3 heterocycles. The summed E-state index contributed by atoms with van der Waals surface area (Å²) in [6.07, 6.45) is 4.94. The molecule has 130 valence electrons. The third-order valence-electron chi connectivity index (χ3n) is 4.65. The van der Waals surface area contributed by atoms with E-state index in [1.807, 2.05) is 24.3 Å². The van der Waals surface area contributed by atoms with Crippen molar-refractivity contribution in [3.63, 3.8) is 0 Å². The van der Waals surface area contributed by atoms with E-state index in [9.17, 15) is 5.11 Å². The molecule has 3 aromatic rings. The highest BCUT2D eigenvalue weighted by atomic mass is 16.5.